The molecule has 1 amide bonds. The largest absolute Gasteiger partial charge is 0.427 e. The standard InChI is InChI=1S/C25H41FINO2/c1-2-3-4-5-6-7-8-9-10-11-12-13-14-15-16-17-20-28-25(29)23-21-22(26)18-19-24(23)30-27/h18-19,21H,2-17,20H2,1H3,(H,28,29). The summed E-state index contributed by atoms with van der Waals surface area (Å²) in [7, 11) is 0. The average molecular weight is 534 g/mol. The Morgan fingerprint density at radius 1 is 0.833 bits per heavy atom. The Morgan fingerprint density at radius 3 is 1.77 bits per heavy atom. The highest BCUT2D eigenvalue weighted by molar-refractivity contribution is 14.1. The Hall–Kier alpha value is -0.850. The first-order valence-electron chi connectivity index (χ1n) is 12.1. The summed E-state index contributed by atoms with van der Waals surface area (Å²) in [6.45, 7) is 2.89. The van der Waals surface area contributed by atoms with Crippen LogP contribution in [0.25, 0.3) is 0 Å². The van der Waals surface area contributed by atoms with Crippen molar-refractivity contribution in [3.8, 4) is 5.75 Å². The first-order chi connectivity index (χ1) is 14.7. The van der Waals surface area contributed by atoms with Gasteiger partial charge in [-0.15, -0.1) is 0 Å². The zero-order valence-electron chi connectivity index (χ0n) is 18.8. The summed E-state index contributed by atoms with van der Waals surface area (Å²) in [5.74, 6) is -0.316. The van der Waals surface area contributed by atoms with Crippen LogP contribution in [-0.2, 0) is 0 Å². The molecule has 1 aromatic rings. The minimum absolute atomic E-state index is 0.251. The van der Waals surface area contributed by atoms with Gasteiger partial charge in [0.1, 0.15) is 11.6 Å². The molecule has 1 rings (SSSR count). The second-order valence-electron chi connectivity index (χ2n) is 8.28. The topological polar surface area (TPSA) is 38.3 Å². The van der Waals surface area contributed by atoms with Crippen molar-refractivity contribution in [2.75, 3.05) is 6.54 Å². The van der Waals surface area contributed by atoms with Crippen LogP contribution >= 0.6 is 23.0 Å². The molecule has 0 saturated heterocycles. The lowest BCUT2D eigenvalue weighted by atomic mass is 10.0. The van der Waals surface area contributed by atoms with Crippen molar-refractivity contribution in [3.05, 3.63) is 29.6 Å². The second kappa shape index (κ2) is 18.9. The highest BCUT2D eigenvalue weighted by Crippen LogP contribution is 2.21. The number of carbonyl (C=O) groups is 1. The predicted octanol–water partition coefficient (Wildman–Crippen LogP) is 8.55. The molecule has 0 radical (unpaired) electrons. The van der Waals surface area contributed by atoms with Gasteiger partial charge in [-0.25, -0.2) is 4.39 Å². The van der Waals surface area contributed by atoms with Crippen molar-refractivity contribution in [1.29, 1.82) is 0 Å². The molecular formula is C25H41FINO2. The summed E-state index contributed by atoms with van der Waals surface area (Å²) in [5.41, 5.74) is 0.251. The number of halogens is 2. The average Bonchev–Trinajstić information content (AvgIpc) is 2.75. The smallest absolute Gasteiger partial charge is 0.255 e. The van der Waals surface area contributed by atoms with Crippen LogP contribution in [0.1, 0.15) is 120 Å². The van der Waals surface area contributed by atoms with E-state index >= 15 is 0 Å². The van der Waals surface area contributed by atoms with Crippen LogP contribution in [0.5, 0.6) is 5.75 Å². The molecule has 0 aromatic heterocycles. The molecule has 0 spiro atoms. The molecule has 1 N–H and O–H groups in total. The second-order valence-corrected chi connectivity index (χ2v) is 8.72. The number of unbranched alkanes of at least 4 members (excludes halogenated alkanes) is 15. The zero-order valence-corrected chi connectivity index (χ0v) is 21.0. The van der Waals surface area contributed by atoms with Gasteiger partial charge in [-0.05, 0) is 24.6 Å². The minimum Gasteiger partial charge on any atom is -0.427 e. The molecule has 0 heterocycles. The zero-order chi connectivity index (χ0) is 21.9. The molecule has 30 heavy (non-hydrogen) atoms. The van der Waals surface area contributed by atoms with Crippen LogP contribution < -0.4 is 8.38 Å². The summed E-state index contributed by atoms with van der Waals surface area (Å²) in [5, 5.41) is 2.86. The highest BCUT2D eigenvalue weighted by atomic mass is 127. The Morgan fingerprint density at radius 2 is 1.30 bits per heavy atom. The monoisotopic (exact) mass is 533 g/mol. The maximum absolute atomic E-state index is 13.4. The number of benzene rings is 1. The van der Waals surface area contributed by atoms with Gasteiger partial charge in [0.05, 0.1) is 5.56 Å². The fraction of sp³-hybridized carbons (Fsp3) is 0.720. The van der Waals surface area contributed by atoms with E-state index in [2.05, 4.69) is 12.2 Å². The molecule has 1 aromatic carbocycles. The predicted molar refractivity (Wildman–Crippen MR) is 133 cm³/mol. The molecule has 0 aliphatic carbocycles. The number of rotatable bonds is 19. The van der Waals surface area contributed by atoms with Gasteiger partial charge in [0, 0.05) is 6.54 Å². The first-order valence-corrected chi connectivity index (χ1v) is 12.9. The summed E-state index contributed by atoms with van der Waals surface area (Å²) >= 11 is 1.70. The summed E-state index contributed by atoms with van der Waals surface area (Å²) in [6, 6.07) is 3.99. The molecule has 0 aliphatic rings. The van der Waals surface area contributed by atoms with E-state index in [1.54, 1.807) is 23.0 Å². The number of hydrogen-bond donors (Lipinski definition) is 1. The lowest BCUT2D eigenvalue weighted by Gasteiger charge is -2.08. The van der Waals surface area contributed by atoms with Crippen molar-refractivity contribution >= 4 is 28.9 Å². The highest BCUT2D eigenvalue weighted by Gasteiger charge is 2.13. The van der Waals surface area contributed by atoms with Gasteiger partial charge in [-0.2, -0.15) is 0 Å². The van der Waals surface area contributed by atoms with E-state index in [0.29, 0.717) is 12.3 Å². The van der Waals surface area contributed by atoms with E-state index in [9.17, 15) is 9.18 Å². The van der Waals surface area contributed by atoms with Crippen LogP contribution in [0.15, 0.2) is 18.2 Å². The van der Waals surface area contributed by atoms with Crippen molar-refractivity contribution < 1.29 is 12.3 Å². The van der Waals surface area contributed by atoms with Gasteiger partial charge < -0.3 is 8.38 Å². The lowest BCUT2D eigenvalue weighted by molar-refractivity contribution is 0.0951. The lowest BCUT2D eigenvalue weighted by Crippen LogP contribution is -2.24. The summed E-state index contributed by atoms with van der Waals surface area (Å²) in [6.07, 6.45) is 21.3. The van der Waals surface area contributed by atoms with Crippen molar-refractivity contribution in [2.24, 2.45) is 0 Å². The molecule has 0 fully saturated rings. The van der Waals surface area contributed by atoms with E-state index < -0.39 is 5.82 Å². The minimum atomic E-state index is -0.431. The SMILES string of the molecule is CCCCCCCCCCCCCCCCCCNC(=O)c1cc(F)ccc1OI. The third kappa shape index (κ3) is 13.5. The maximum Gasteiger partial charge on any atom is 0.255 e. The van der Waals surface area contributed by atoms with E-state index in [-0.39, 0.29) is 11.5 Å². The number of nitrogens with one attached hydrogen (secondary N) is 1. The van der Waals surface area contributed by atoms with Gasteiger partial charge in [-0.3, -0.25) is 4.79 Å². The van der Waals surface area contributed by atoms with Gasteiger partial charge >= 0.3 is 0 Å². The van der Waals surface area contributed by atoms with Gasteiger partial charge in [0.25, 0.3) is 5.91 Å². The van der Waals surface area contributed by atoms with Crippen LogP contribution in [0.4, 0.5) is 4.39 Å². The number of carbonyl (C=O) groups excluding carboxylic acids is 1. The van der Waals surface area contributed by atoms with Crippen LogP contribution in [0, 0.1) is 5.82 Å². The fourth-order valence-electron chi connectivity index (χ4n) is 3.72. The third-order valence-corrected chi connectivity index (χ3v) is 6.06. The quantitative estimate of drug-likeness (QED) is 0.143. The Kier molecular flexibility index (Phi) is 17.1. The van der Waals surface area contributed by atoms with Crippen molar-refractivity contribution in [1.82, 2.24) is 5.32 Å². The van der Waals surface area contributed by atoms with Crippen molar-refractivity contribution in [3.63, 3.8) is 0 Å². The molecule has 3 nitrogen and oxygen atoms in total. The number of hydrogen-bond acceptors (Lipinski definition) is 2. The van der Waals surface area contributed by atoms with Crippen LogP contribution in [0.3, 0.4) is 0 Å². The van der Waals surface area contributed by atoms with E-state index in [1.165, 1.54) is 108 Å². The molecule has 0 aliphatic heterocycles. The molecule has 0 atom stereocenters. The summed E-state index contributed by atoms with van der Waals surface area (Å²) in [4.78, 5) is 12.2. The van der Waals surface area contributed by atoms with Crippen LogP contribution in [-0.4, -0.2) is 12.5 Å². The van der Waals surface area contributed by atoms with E-state index in [0.717, 1.165) is 12.8 Å². The summed E-state index contributed by atoms with van der Waals surface area (Å²) < 4.78 is 18.5. The first kappa shape index (κ1) is 27.2. The molecule has 172 valence electrons. The third-order valence-electron chi connectivity index (χ3n) is 5.59. The van der Waals surface area contributed by atoms with E-state index in [1.807, 2.05) is 0 Å². The van der Waals surface area contributed by atoms with Gasteiger partial charge in [0.15, 0.2) is 23.0 Å². The van der Waals surface area contributed by atoms with E-state index in [4.69, 9.17) is 3.07 Å². The number of amides is 1. The van der Waals surface area contributed by atoms with Gasteiger partial charge in [-0.1, -0.05) is 103 Å². The molecule has 0 bridgehead atoms. The van der Waals surface area contributed by atoms with Gasteiger partial charge in [0.2, 0.25) is 0 Å². The maximum atomic E-state index is 13.4. The normalized spacial score (nSPS) is 10.9. The fourth-order valence-corrected chi connectivity index (χ4v) is 4.10. The Labute approximate surface area is 197 Å². The Bertz CT molecular complexity index is 568. The van der Waals surface area contributed by atoms with Crippen LogP contribution in [0.2, 0.25) is 0 Å². The molecule has 5 heteroatoms. The molecular weight excluding hydrogens is 492 g/mol. The molecule has 0 unspecified atom stereocenters. The van der Waals surface area contributed by atoms with Crippen molar-refractivity contribution in [2.45, 2.75) is 110 Å². The Balaban J connectivity index is 1.89. The molecule has 0 saturated carbocycles.